The molecular formula is C13H19N3. The standard InChI is InChI=1S/C13H19N3/c1-3-4-8-16-10-11(9-14-2)12-6-5-7-15-13(12)16/h5-7,10,14H,3-4,8-9H2,1-2H3. The van der Waals surface area contributed by atoms with Gasteiger partial charge in [-0.15, -0.1) is 0 Å². The van der Waals surface area contributed by atoms with Crippen molar-refractivity contribution in [3.8, 4) is 0 Å². The van der Waals surface area contributed by atoms with Crippen molar-refractivity contribution in [1.29, 1.82) is 0 Å². The van der Waals surface area contributed by atoms with E-state index >= 15 is 0 Å². The van der Waals surface area contributed by atoms with Crippen LogP contribution < -0.4 is 5.32 Å². The summed E-state index contributed by atoms with van der Waals surface area (Å²) >= 11 is 0. The van der Waals surface area contributed by atoms with E-state index in [1.54, 1.807) is 0 Å². The molecule has 3 heteroatoms. The van der Waals surface area contributed by atoms with E-state index in [0.29, 0.717) is 0 Å². The second kappa shape index (κ2) is 5.12. The summed E-state index contributed by atoms with van der Waals surface area (Å²) < 4.78 is 2.27. The van der Waals surface area contributed by atoms with E-state index in [1.807, 2.05) is 19.3 Å². The van der Waals surface area contributed by atoms with Crippen LogP contribution in [0.2, 0.25) is 0 Å². The zero-order chi connectivity index (χ0) is 11.4. The molecule has 0 aromatic carbocycles. The Labute approximate surface area is 96.5 Å². The van der Waals surface area contributed by atoms with E-state index in [4.69, 9.17) is 0 Å². The predicted molar refractivity (Wildman–Crippen MR) is 67.4 cm³/mol. The molecule has 16 heavy (non-hydrogen) atoms. The molecule has 2 rings (SSSR count). The Hall–Kier alpha value is -1.35. The highest BCUT2D eigenvalue weighted by molar-refractivity contribution is 5.80. The molecule has 86 valence electrons. The molecule has 0 aliphatic heterocycles. The van der Waals surface area contributed by atoms with Crippen LogP contribution in [0.1, 0.15) is 25.3 Å². The number of nitrogens with one attached hydrogen (secondary N) is 1. The zero-order valence-corrected chi connectivity index (χ0v) is 10.0. The number of fused-ring (bicyclic) bond motifs is 1. The molecule has 0 saturated carbocycles. The van der Waals surface area contributed by atoms with Gasteiger partial charge < -0.3 is 9.88 Å². The molecule has 0 radical (unpaired) electrons. The van der Waals surface area contributed by atoms with Crippen molar-refractivity contribution < 1.29 is 0 Å². The molecule has 0 aliphatic carbocycles. The summed E-state index contributed by atoms with van der Waals surface area (Å²) in [4.78, 5) is 4.47. The number of pyridine rings is 1. The maximum Gasteiger partial charge on any atom is 0.140 e. The van der Waals surface area contributed by atoms with Crippen LogP contribution in [0.25, 0.3) is 11.0 Å². The molecule has 0 amide bonds. The van der Waals surface area contributed by atoms with Crippen LogP contribution in [-0.4, -0.2) is 16.6 Å². The van der Waals surface area contributed by atoms with E-state index in [0.717, 1.165) is 18.7 Å². The first kappa shape index (κ1) is 11.1. The summed E-state index contributed by atoms with van der Waals surface area (Å²) in [6.07, 6.45) is 6.52. The third kappa shape index (κ3) is 2.09. The average molecular weight is 217 g/mol. The quantitative estimate of drug-likeness (QED) is 0.834. The fourth-order valence-electron chi connectivity index (χ4n) is 2.03. The molecular weight excluding hydrogens is 198 g/mol. The van der Waals surface area contributed by atoms with Crippen molar-refractivity contribution in [2.45, 2.75) is 32.9 Å². The van der Waals surface area contributed by atoms with Gasteiger partial charge in [-0.3, -0.25) is 0 Å². The Morgan fingerprint density at radius 3 is 3.06 bits per heavy atom. The van der Waals surface area contributed by atoms with Crippen molar-refractivity contribution in [1.82, 2.24) is 14.9 Å². The summed E-state index contributed by atoms with van der Waals surface area (Å²) in [6, 6.07) is 4.16. The van der Waals surface area contributed by atoms with Crippen molar-refractivity contribution in [2.24, 2.45) is 0 Å². The predicted octanol–water partition coefficient (Wildman–Crippen LogP) is 2.56. The van der Waals surface area contributed by atoms with E-state index in [2.05, 4.69) is 34.1 Å². The van der Waals surface area contributed by atoms with Gasteiger partial charge in [0.05, 0.1) is 0 Å². The van der Waals surface area contributed by atoms with Crippen molar-refractivity contribution in [3.63, 3.8) is 0 Å². The van der Waals surface area contributed by atoms with Crippen LogP contribution in [0, 0.1) is 0 Å². The number of nitrogens with zero attached hydrogens (tertiary/aromatic N) is 2. The van der Waals surface area contributed by atoms with E-state index in [-0.39, 0.29) is 0 Å². The molecule has 0 saturated heterocycles. The monoisotopic (exact) mass is 217 g/mol. The maximum absolute atomic E-state index is 4.47. The second-order valence-corrected chi connectivity index (χ2v) is 4.11. The number of hydrogen-bond donors (Lipinski definition) is 1. The highest BCUT2D eigenvalue weighted by Crippen LogP contribution is 2.19. The Balaban J connectivity index is 2.40. The Bertz CT molecular complexity index is 459. The fraction of sp³-hybridized carbons (Fsp3) is 0.462. The number of rotatable bonds is 5. The fourth-order valence-corrected chi connectivity index (χ4v) is 2.03. The summed E-state index contributed by atoms with van der Waals surface area (Å²) in [5, 5.41) is 4.48. The van der Waals surface area contributed by atoms with Gasteiger partial charge >= 0.3 is 0 Å². The van der Waals surface area contributed by atoms with E-state index in [9.17, 15) is 0 Å². The van der Waals surface area contributed by atoms with Gasteiger partial charge in [-0.25, -0.2) is 4.98 Å². The first-order valence-electron chi connectivity index (χ1n) is 5.94. The van der Waals surface area contributed by atoms with Gasteiger partial charge in [0.2, 0.25) is 0 Å². The van der Waals surface area contributed by atoms with Crippen LogP contribution in [-0.2, 0) is 13.1 Å². The lowest BCUT2D eigenvalue weighted by molar-refractivity contribution is 0.643. The van der Waals surface area contributed by atoms with Gasteiger partial charge in [-0.1, -0.05) is 13.3 Å². The highest BCUT2D eigenvalue weighted by atomic mass is 15.0. The van der Waals surface area contributed by atoms with Crippen LogP contribution in [0.5, 0.6) is 0 Å². The summed E-state index contributed by atoms with van der Waals surface area (Å²) in [5.41, 5.74) is 2.45. The normalized spacial score (nSPS) is 11.1. The smallest absolute Gasteiger partial charge is 0.140 e. The third-order valence-electron chi connectivity index (χ3n) is 2.84. The Morgan fingerprint density at radius 1 is 1.44 bits per heavy atom. The molecule has 0 aliphatic rings. The number of hydrogen-bond acceptors (Lipinski definition) is 2. The van der Waals surface area contributed by atoms with Crippen LogP contribution in [0.15, 0.2) is 24.5 Å². The van der Waals surface area contributed by atoms with Crippen molar-refractivity contribution >= 4 is 11.0 Å². The zero-order valence-electron chi connectivity index (χ0n) is 10.0. The first-order chi connectivity index (χ1) is 7.86. The third-order valence-corrected chi connectivity index (χ3v) is 2.84. The summed E-state index contributed by atoms with van der Waals surface area (Å²) in [7, 11) is 1.98. The number of aryl methyl sites for hydroxylation is 1. The molecule has 0 bridgehead atoms. The average Bonchev–Trinajstić information content (AvgIpc) is 2.66. The van der Waals surface area contributed by atoms with Gasteiger partial charge in [-0.05, 0) is 31.2 Å². The minimum absolute atomic E-state index is 0.904. The molecule has 2 aromatic heterocycles. The molecule has 2 aromatic rings. The van der Waals surface area contributed by atoms with Gasteiger partial charge in [-0.2, -0.15) is 0 Å². The van der Waals surface area contributed by atoms with E-state index < -0.39 is 0 Å². The maximum atomic E-state index is 4.47. The minimum atomic E-state index is 0.904. The first-order valence-corrected chi connectivity index (χ1v) is 5.94. The lowest BCUT2D eigenvalue weighted by Crippen LogP contribution is -2.04. The Kier molecular flexibility index (Phi) is 3.57. The molecule has 0 spiro atoms. The molecule has 2 heterocycles. The van der Waals surface area contributed by atoms with Gasteiger partial charge in [0.1, 0.15) is 5.65 Å². The minimum Gasteiger partial charge on any atom is -0.332 e. The van der Waals surface area contributed by atoms with Crippen LogP contribution in [0.3, 0.4) is 0 Å². The molecule has 1 N–H and O–H groups in total. The van der Waals surface area contributed by atoms with Crippen molar-refractivity contribution in [3.05, 3.63) is 30.1 Å². The second-order valence-electron chi connectivity index (χ2n) is 4.11. The van der Waals surface area contributed by atoms with Crippen LogP contribution >= 0.6 is 0 Å². The highest BCUT2D eigenvalue weighted by Gasteiger charge is 2.07. The van der Waals surface area contributed by atoms with E-state index in [1.165, 1.54) is 23.8 Å². The number of unbranched alkanes of at least 4 members (excludes halogenated alkanes) is 1. The Morgan fingerprint density at radius 2 is 2.31 bits per heavy atom. The molecule has 3 nitrogen and oxygen atoms in total. The SMILES string of the molecule is CCCCn1cc(CNC)c2cccnc21. The van der Waals surface area contributed by atoms with Gasteiger partial charge in [0.25, 0.3) is 0 Å². The topological polar surface area (TPSA) is 29.9 Å². The van der Waals surface area contributed by atoms with Gasteiger partial charge in [0, 0.05) is 30.9 Å². The number of aromatic nitrogens is 2. The lowest BCUT2D eigenvalue weighted by atomic mass is 10.2. The molecule has 0 unspecified atom stereocenters. The lowest BCUT2D eigenvalue weighted by Gasteiger charge is -2.01. The molecule has 0 atom stereocenters. The largest absolute Gasteiger partial charge is 0.332 e. The van der Waals surface area contributed by atoms with Crippen LogP contribution in [0.4, 0.5) is 0 Å². The van der Waals surface area contributed by atoms with Crippen molar-refractivity contribution in [2.75, 3.05) is 7.05 Å². The molecule has 0 fully saturated rings. The summed E-state index contributed by atoms with van der Waals surface area (Å²) in [5.74, 6) is 0. The summed E-state index contributed by atoms with van der Waals surface area (Å²) in [6.45, 7) is 4.18. The van der Waals surface area contributed by atoms with Gasteiger partial charge in [0.15, 0.2) is 0 Å².